The first kappa shape index (κ1) is 72.1. The fourth-order valence-electron chi connectivity index (χ4n) is 10.3. The molecule has 0 rings (SSSR count). The third-order valence-electron chi connectivity index (χ3n) is 15.4. The maximum absolute atomic E-state index is 12.4. The molecule has 3 N–H and O–H groups in total. The van der Waals surface area contributed by atoms with Gasteiger partial charge in [0.2, 0.25) is 5.91 Å². The summed E-state index contributed by atoms with van der Waals surface area (Å²) in [6.45, 7) is 4.90. The van der Waals surface area contributed by atoms with E-state index in [4.69, 9.17) is 4.74 Å². The first-order chi connectivity index (χ1) is 36.5. The Bertz CT molecular complexity index is 1200. The predicted octanol–water partition coefficient (Wildman–Crippen LogP) is 21.1. The maximum atomic E-state index is 12.4. The zero-order valence-electron chi connectivity index (χ0n) is 49.8. The molecule has 1 amide bonds. The number of unbranched alkanes of at least 4 members (excludes halogenated alkanes) is 47. The number of carbonyl (C=O) groups excluding carboxylic acids is 2. The van der Waals surface area contributed by atoms with Gasteiger partial charge in [0.1, 0.15) is 0 Å². The van der Waals surface area contributed by atoms with Gasteiger partial charge in [0.15, 0.2) is 0 Å². The average molecular weight is 1040 g/mol. The van der Waals surface area contributed by atoms with Crippen molar-refractivity contribution in [3.63, 3.8) is 0 Å². The van der Waals surface area contributed by atoms with Crippen molar-refractivity contribution in [2.45, 2.75) is 373 Å². The molecule has 0 spiro atoms. The highest BCUT2D eigenvalue weighted by molar-refractivity contribution is 5.76. The van der Waals surface area contributed by atoms with Crippen LogP contribution in [0.4, 0.5) is 0 Å². The summed E-state index contributed by atoms with van der Waals surface area (Å²) in [5.41, 5.74) is 0. The van der Waals surface area contributed by atoms with Gasteiger partial charge in [-0.1, -0.05) is 320 Å². The zero-order chi connectivity index (χ0) is 53.6. The molecule has 0 radical (unpaired) electrons. The first-order valence-electron chi connectivity index (χ1n) is 33.3. The molecule has 6 heteroatoms. The van der Waals surface area contributed by atoms with Gasteiger partial charge in [-0.25, -0.2) is 0 Å². The standard InChI is InChI=1S/C68H129NO5/c1-3-5-7-9-11-13-14-15-16-32-36-39-42-46-50-54-58-62-68(73)74-63-59-55-51-47-43-40-37-34-31-29-27-25-23-21-19-17-18-20-22-24-26-28-30-33-35-38-41-45-49-53-57-61-67(72)69-65(64-70)66(71)60-56-52-48-44-12-10-8-6-4-2/h19,21,25,27,56,60,65-66,70-71H,3-18,20,22-24,26,28-55,57-59,61-64H2,1-2H3,(H,69,72)/b21-19-,27-25-,60-56+. The normalized spacial score (nSPS) is 12.8. The van der Waals surface area contributed by atoms with Crippen molar-refractivity contribution in [1.29, 1.82) is 0 Å². The smallest absolute Gasteiger partial charge is 0.305 e. The van der Waals surface area contributed by atoms with E-state index in [9.17, 15) is 19.8 Å². The predicted molar refractivity (Wildman–Crippen MR) is 324 cm³/mol. The Hall–Kier alpha value is -1.92. The van der Waals surface area contributed by atoms with Crippen LogP contribution in [0.25, 0.3) is 0 Å². The van der Waals surface area contributed by atoms with Gasteiger partial charge in [-0.05, 0) is 64.2 Å². The summed E-state index contributed by atoms with van der Waals surface area (Å²) in [6, 6.07) is -0.625. The van der Waals surface area contributed by atoms with Crippen LogP contribution in [-0.2, 0) is 14.3 Å². The highest BCUT2D eigenvalue weighted by atomic mass is 16.5. The molecule has 0 aromatic rings. The van der Waals surface area contributed by atoms with Crippen molar-refractivity contribution in [2.24, 2.45) is 0 Å². The van der Waals surface area contributed by atoms with Crippen LogP contribution in [0.15, 0.2) is 36.5 Å². The Morgan fingerprint density at radius 2 is 0.676 bits per heavy atom. The highest BCUT2D eigenvalue weighted by Gasteiger charge is 2.18. The molecular weight excluding hydrogens is 911 g/mol. The Morgan fingerprint density at radius 1 is 0.378 bits per heavy atom. The lowest BCUT2D eigenvalue weighted by Crippen LogP contribution is -2.45. The second kappa shape index (κ2) is 63.6. The number of aliphatic hydroxyl groups excluding tert-OH is 2. The number of rotatable bonds is 62. The molecule has 0 aliphatic carbocycles. The molecule has 0 heterocycles. The molecule has 6 nitrogen and oxygen atoms in total. The van der Waals surface area contributed by atoms with E-state index in [0.717, 1.165) is 44.9 Å². The zero-order valence-corrected chi connectivity index (χ0v) is 49.8. The largest absolute Gasteiger partial charge is 0.466 e. The molecule has 0 aliphatic rings. The lowest BCUT2D eigenvalue weighted by molar-refractivity contribution is -0.143. The van der Waals surface area contributed by atoms with Gasteiger partial charge in [0.05, 0.1) is 25.4 Å². The van der Waals surface area contributed by atoms with Crippen LogP contribution in [0, 0.1) is 0 Å². The number of carbonyl (C=O) groups is 2. The van der Waals surface area contributed by atoms with E-state index in [1.165, 1.54) is 289 Å². The first-order valence-corrected chi connectivity index (χ1v) is 33.3. The van der Waals surface area contributed by atoms with Gasteiger partial charge < -0.3 is 20.3 Å². The molecule has 436 valence electrons. The quantitative estimate of drug-likeness (QED) is 0.0320. The summed E-state index contributed by atoms with van der Waals surface area (Å²) in [6.07, 6.45) is 80.8. The van der Waals surface area contributed by atoms with Crippen LogP contribution in [0.1, 0.15) is 361 Å². The minimum atomic E-state index is -0.842. The van der Waals surface area contributed by atoms with E-state index in [0.29, 0.717) is 19.4 Å². The van der Waals surface area contributed by atoms with Gasteiger partial charge in [-0.2, -0.15) is 0 Å². The van der Waals surface area contributed by atoms with Crippen LogP contribution >= 0.6 is 0 Å². The number of allylic oxidation sites excluding steroid dienone is 5. The van der Waals surface area contributed by atoms with Crippen LogP contribution < -0.4 is 5.32 Å². The fraction of sp³-hybridized carbons (Fsp3) is 0.882. The highest BCUT2D eigenvalue weighted by Crippen LogP contribution is 2.18. The lowest BCUT2D eigenvalue weighted by Gasteiger charge is -2.20. The minimum absolute atomic E-state index is 0.0169. The van der Waals surface area contributed by atoms with Crippen molar-refractivity contribution < 1.29 is 24.5 Å². The summed E-state index contributed by atoms with van der Waals surface area (Å²) < 4.78 is 5.50. The number of ether oxygens (including phenoxy) is 1. The van der Waals surface area contributed by atoms with Gasteiger partial charge in [0, 0.05) is 12.8 Å². The Balaban J connectivity index is 3.36. The molecular formula is C68H129NO5. The third kappa shape index (κ3) is 59.3. The molecule has 74 heavy (non-hydrogen) atoms. The fourth-order valence-corrected chi connectivity index (χ4v) is 10.3. The topological polar surface area (TPSA) is 95.9 Å². The number of aliphatic hydroxyl groups is 2. The second-order valence-electron chi connectivity index (χ2n) is 22.8. The van der Waals surface area contributed by atoms with E-state index in [1.807, 2.05) is 6.08 Å². The van der Waals surface area contributed by atoms with E-state index in [-0.39, 0.29) is 18.5 Å². The van der Waals surface area contributed by atoms with Crippen molar-refractivity contribution in [3.05, 3.63) is 36.5 Å². The van der Waals surface area contributed by atoms with Crippen molar-refractivity contribution in [3.8, 4) is 0 Å². The van der Waals surface area contributed by atoms with E-state index in [2.05, 4.69) is 43.5 Å². The van der Waals surface area contributed by atoms with Crippen LogP contribution in [0.3, 0.4) is 0 Å². The Kier molecular flexibility index (Phi) is 62.0. The monoisotopic (exact) mass is 1040 g/mol. The van der Waals surface area contributed by atoms with E-state index >= 15 is 0 Å². The molecule has 0 fully saturated rings. The lowest BCUT2D eigenvalue weighted by atomic mass is 10.0. The maximum Gasteiger partial charge on any atom is 0.305 e. The Labute approximate surface area is 462 Å². The number of nitrogens with one attached hydrogen (secondary N) is 1. The molecule has 2 unspecified atom stereocenters. The molecule has 0 saturated heterocycles. The molecule has 0 bridgehead atoms. The number of hydrogen-bond acceptors (Lipinski definition) is 5. The summed E-state index contributed by atoms with van der Waals surface area (Å²) in [5, 5.41) is 23.0. The van der Waals surface area contributed by atoms with Crippen LogP contribution in [0.2, 0.25) is 0 Å². The number of hydrogen-bond donors (Lipinski definition) is 3. The summed E-state index contributed by atoms with van der Waals surface area (Å²) >= 11 is 0. The molecule has 0 aromatic heterocycles. The molecule has 2 atom stereocenters. The SMILES string of the molecule is CCCCCCCCC/C=C/C(O)C(CO)NC(=O)CCCCCCCCCCCCCCCCC/C=C\C/C=C\CCCCCCCCCCCOC(=O)CCCCCCCCCCCCCCCCCCC. The summed E-state index contributed by atoms with van der Waals surface area (Å²) in [7, 11) is 0. The van der Waals surface area contributed by atoms with E-state index < -0.39 is 12.1 Å². The van der Waals surface area contributed by atoms with Gasteiger partial charge >= 0.3 is 5.97 Å². The van der Waals surface area contributed by atoms with Crippen molar-refractivity contribution in [1.82, 2.24) is 5.32 Å². The summed E-state index contributed by atoms with van der Waals surface area (Å²) in [4.78, 5) is 24.5. The van der Waals surface area contributed by atoms with E-state index in [1.54, 1.807) is 6.08 Å². The molecule has 0 saturated carbocycles. The van der Waals surface area contributed by atoms with Gasteiger partial charge in [-0.15, -0.1) is 0 Å². The number of amides is 1. The van der Waals surface area contributed by atoms with Gasteiger partial charge in [-0.3, -0.25) is 9.59 Å². The minimum Gasteiger partial charge on any atom is -0.466 e. The molecule has 0 aliphatic heterocycles. The van der Waals surface area contributed by atoms with Crippen molar-refractivity contribution in [2.75, 3.05) is 13.2 Å². The third-order valence-corrected chi connectivity index (χ3v) is 15.4. The Morgan fingerprint density at radius 3 is 1.03 bits per heavy atom. The molecule has 0 aromatic carbocycles. The summed E-state index contributed by atoms with van der Waals surface area (Å²) in [5.74, 6) is -0.0524. The van der Waals surface area contributed by atoms with Crippen LogP contribution in [-0.4, -0.2) is 47.4 Å². The van der Waals surface area contributed by atoms with Gasteiger partial charge in [0.25, 0.3) is 0 Å². The average Bonchev–Trinajstić information content (AvgIpc) is 3.40. The van der Waals surface area contributed by atoms with Crippen molar-refractivity contribution >= 4 is 11.9 Å². The van der Waals surface area contributed by atoms with Crippen LogP contribution in [0.5, 0.6) is 0 Å². The number of esters is 1. The second-order valence-corrected chi connectivity index (χ2v) is 22.8.